The number of piperidine rings is 1. The Labute approximate surface area is 191 Å². The standard InChI is InChI=1S/C24H29N7O2/c32-12-16-8-9-30(11-20(16)33)24-28-21(22-23(29-24)26-13-25-22)15-6-7-19-18(10-15)27-14-31(19)17-4-2-1-3-5-17/h6-7,10,13-14,16-17,20,32-33H,1-5,8-9,11-12H2,(H,25,26,28,29). The Morgan fingerprint density at radius 1 is 1.06 bits per heavy atom. The fourth-order valence-corrected chi connectivity index (χ4v) is 5.38. The topological polar surface area (TPSA) is 116 Å². The summed E-state index contributed by atoms with van der Waals surface area (Å²) >= 11 is 0. The van der Waals surface area contributed by atoms with Crippen molar-refractivity contribution in [3.05, 3.63) is 30.9 Å². The van der Waals surface area contributed by atoms with Crippen LogP contribution < -0.4 is 4.90 Å². The minimum absolute atomic E-state index is 0.00691. The van der Waals surface area contributed by atoms with Gasteiger partial charge < -0.3 is 24.7 Å². The molecule has 6 rings (SSSR count). The average molecular weight is 448 g/mol. The molecule has 9 heteroatoms. The smallest absolute Gasteiger partial charge is 0.228 e. The molecule has 1 saturated carbocycles. The second kappa shape index (κ2) is 8.39. The van der Waals surface area contributed by atoms with Gasteiger partial charge in [0.05, 0.1) is 29.8 Å². The molecular formula is C24H29N7O2. The Morgan fingerprint density at radius 2 is 1.94 bits per heavy atom. The number of aliphatic hydroxyl groups excluding tert-OH is 2. The molecule has 172 valence electrons. The fourth-order valence-electron chi connectivity index (χ4n) is 5.38. The van der Waals surface area contributed by atoms with Crippen LogP contribution >= 0.6 is 0 Å². The van der Waals surface area contributed by atoms with Crippen LogP contribution in [0.15, 0.2) is 30.9 Å². The first-order valence-corrected chi connectivity index (χ1v) is 11.9. The Kier molecular flexibility index (Phi) is 5.22. The Bertz CT molecular complexity index is 1280. The molecule has 0 bridgehead atoms. The summed E-state index contributed by atoms with van der Waals surface area (Å²) in [7, 11) is 0. The molecule has 2 aliphatic rings. The molecule has 1 saturated heterocycles. The van der Waals surface area contributed by atoms with Gasteiger partial charge in [-0.3, -0.25) is 0 Å². The predicted molar refractivity (Wildman–Crippen MR) is 126 cm³/mol. The van der Waals surface area contributed by atoms with Crippen molar-refractivity contribution in [1.82, 2.24) is 29.5 Å². The van der Waals surface area contributed by atoms with Crippen molar-refractivity contribution in [2.24, 2.45) is 5.92 Å². The van der Waals surface area contributed by atoms with E-state index in [0.717, 1.165) is 27.8 Å². The fraction of sp³-hybridized carbons (Fsp3) is 0.500. The van der Waals surface area contributed by atoms with E-state index in [1.54, 1.807) is 6.33 Å². The summed E-state index contributed by atoms with van der Waals surface area (Å²) in [5, 5.41) is 19.9. The van der Waals surface area contributed by atoms with E-state index in [1.165, 1.54) is 32.1 Å². The molecule has 4 aromatic rings. The van der Waals surface area contributed by atoms with Crippen LogP contribution in [0.4, 0.5) is 5.95 Å². The lowest BCUT2D eigenvalue weighted by atomic mass is 9.95. The molecule has 0 spiro atoms. The number of benzene rings is 1. The number of aromatic nitrogens is 6. The van der Waals surface area contributed by atoms with Gasteiger partial charge in [0.2, 0.25) is 5.95 Å². The summed E-state index contributed by atoms with van der Waals surface area (Å²) in [5.74, 6) is 0.449. The van der Waals surface area contributed by atoms with E-state index in [0.29, 0.717) is 37.1 Å². The van der Waals surface area contributed by atoms with Gasteiger partial charge in [0.15, 0.2) is 5.65 Å². The summed E-state index contributed by atoms with van der Waals surface area (Å²) in [6, 6.07) is 6.87. The molecule has 3 aromatic heterocycles. The molecule has 0 amide bonds. The third-order valence-corrected chi connectivity index (χ3v) is 7.33. The van der Waals surface area contributed by atoms with Gasteiger partial charge in [-0.25, -0.2) is 15.0 Å². The molecule has 3 N–H and O–H groups in total. The van der Waals surface area contributed by atoms with Crippen LogP contribution in [0.2, 0.25) is 0 Å². The van der Waals surface area contributed by atoms with E-state index in [2.05, 4.69) is 37.7 Å². The zero-order valence-electron chi connectivity index (χ0n) is 18.6. The second-order valence-electron chi connectivity index (χ2n) is 9.37. The summed E-state index contributed by atoms with van der Waals surface area (Å²) in [5.41, 5.74) is 5.25. The minimum Gasteiger partial charge on any atom is -0.396 e. The van der Waals surface area contributed by atoms with Crippen LogP contribution in [0.3, 0.4) is 0 Å². The zero-order valence-corrected chi connectivity index (χ0v) is 18.6. The number of rotatable bonds is 4. The Morgan fingerprint density at radius 3 is 2.76 bits per heavy atom. The maximum atomic E-state index is 10.4. The maximum Gasteiger partial charge on any atom is 0.228 e. The lowest BCUT2D eigenvalue weighted by Crippen LogP contribution is -2.45. The first-order chi connectivity index (χ1) is 16.2. The highest BCUT2D eigenvalue weighted by Gasteiger charge is 2.29. The molecule has 1 aromatic carbocycles. The molecule has 2 atom stereocenters. The van der Waals surface area contributed by atoms with Crippen molar-refractivity contribution >= 4 is 28.1 Å². The number of aromatic amines is 1. The molecule has 9 nitrogen and oxygen atoms in total. The van der Waals surface area contributed by atoms with Crippen LogP contribution in [0, 0.1) is 5.92 Å². The number of anilines is 1. The van der Waals surface area contributed by atoms with Crippen molar-refractivity contribution in [2.45, 2.75) is 50.7 Å². The number of hydrogen-bond acceptors (Lipinski definition) is 7. The highest BCUT2D eigenvalue weighted by Crippen LogP contribution is 2.33. The SMILES string of the molecule is OCC1CCN(c2nc(-c3ccc4c(c3)ncn4C3CCCCC3)c3[nH]cnc3n2)CC1O. The van der Waals surface area contributed by atoms with Crippen molar-refractivity contribution < 1.29 is 10.2 Å². The second-order valence-corrected chi connectivity index (χ2v) is 9.37. The highest BCUT2D eigenvalue weighted by molar-refractivity contribution is 5.91. The van der Waals surface area contributed by atoms with E-state index in [1.807, 2.05) is 11.2 Å². The lowest BCUT2D eigenvalue weighted by molar-refractivity contribution is 0.0544. The molecule has 2 fully saturated rings. The van der Waals surface area contributed by atoms with Gasteiger partial charge in [0.1, 0.15) is 11.2 Å². The van der Waals surface area contributed by atoms with Gasteiger partial charge in [-0.2, -0.15) is 4.98 Å². The number of H-pyrrole nitrogens is 1. The normalized spacial score (nSPS) is 22.4. The summed E-state index contributed by atoms with van der Waals surface area (Å²) in [6.45, 7) is 1.07. The van der Waals surface area contributed by atoms with Crippen molar-refractivity contribution in [3.63, 3.8) is 0 Å². The van der Waals surface area contributed by atoms with Crippen molar-refractivity contribution in [2.75, 3.05) is 24.6 Å². The number of β-amino-alcohol motifs (C(OH)–C–C–N with tert-alkyl or cyclic N) is 1. The largest absolute Gasteiger partial charge is 0.396 e. The highest BCUT2D eigenvalue weighted by atomic mass is 16.3. The van der Waals surface area contributed by atoms with Crippen molar-refractivity contribution in [1.29, 1.82) is 0 Å². The third kappa shape index (κ3) is 3.65. The summed E-state index contributed by atoms with van der Waals surface area (Å²) in [4.78, 5) is 23.8. The van der Waals surface area contributed by atoms with E-state index >= 15 is 0 Å². The number of hydrogen-bond donors (Lipinski definition) is 3. The van der Waals surface area contributed by atoms with Crippen LogP contribution in [0.25, 0.3) is 33.5 Å². The van der Waals surface area contributed by atoms with Crippen LogP contribution in [-0.2, 0) is 0 Å². The lowest BCUT2D eigenvalue weighted by Gasteiger charge is -2.35. The molecule has 1 aliphatic heterocycles. The Hall–Kier alpha value is -3.04. The van der Waals surface area contributed by atoms with Gasteiger partial charge in [-0.05, 0) is 31.4 Å². The van der Waals surface area contributed by atoms with Gasteiger partial charge >= 0.3 is 0 Å². The van der Waals surface area contributed by atoms with E-state index in [9.17, 15) is 10.2 Å². The molecule has 1 aliphatic carbocycles. The number of aliphatic hydroxyl groups is 2. The van der Waals surface area contributed by atoms with Crippen molar-refractivity contribution in [3.8, 4) is 11.3 Å². The molecular weight excluding hydrogens is 418 g/mol. The molecule has 4 heterocycles. The van der Waals surface area contributed by atoms with Gasteiger partial charge in [0, 0.05) is 37.2 Å². The predicted octanol–water partition coefficient (Wildman–Crippen LogP) is 3.05. The van der Waals surface area contributed by atoms with Crippen LogP contribution in [0.5, 0.6) is 0 Å². The Balaban J connectivity index is 1.38. The van der Waals surface area contributed by atoms with Gasteiger partial charge in [-0.1, -0.05) is 25.3 Å². The average Bonchev–Trinajstić information content (AvgIpc) is 3.50. The summed E-state index contributed by atoms with van der Waals surface area (Å²) < 4.78 is 2.34. The minimum atomic E-state index is -0.606. The molecule has 33 heavy (non-hydrogen) atoms. The first kappa shape index (κ1) is 20.6. The van der Waals surface area contributed by atoms with E-state index < -0.39 is 6.10 Å². The van der Waals surface area contributed by atoms with Crippen LogP contribution in [0.1, 0.15) is 44.6 Å². The molecule has 0 radical (unpaired) electrons. The number of fused-ring (bicyclic) bond motifs is 2. The van der Waals surface area contributed by atoms with E-state index in [4.69, 9.17) is 9.97 Å². The maximum absolute atomic E-state index is 10.4. The van der Waals surface area contributed by atoms with Gasteiger partial charge in [0.25, 0.3) is 0 Å². The van der Waals surface area contributed by atoms with Gasteiger partial charge in [-0.15, -0.1) is 0 Å². The number of imidazole rings is 2. The first-order valence-electron chi connectivity index (χ1n) is 11.9. The monoisotopic (exact) mass is 447 g/mol. The summed E-state index contributed by atoms with van der Waals surface area (Å²) in [6.07, 6.45) is 10.0. The zero-order chi connectivity index (χ0) is 22.4. The quantitative estimate of drug-likeness (QED) is 0.440. The van der Waals surface area contributed by atoms with Crippen LogP contribution in [-0.4, -0.2) is 65.5 Å². The number of nitrogens with zero attached hydrogens (tertiary/aromatic N) is 6. The van der Waals surface area contributed by atoms with E-state index in [-0.39, 0.29) is 12.5 Å². The third-order valence-electron chi connectivity index (χ3n) is 7.33. The molecule has 2 unspecified atom stereocenters. The number of nitrogens with one attached hydrogen (secondary N) is 1.